The van der Waals surface area contributed by atoms with Crippen molar-refractivity contribution in [3.63, 3.8) is 0 Å². The molecule has 1 unspecified atom stereocenters. The summed E-state index contributed by atoms with van der Waals surface area (Å²) in [4.78, 5) is 13.1. The van der Waals surface area contributed by atoms with Crippen LogP contribution in [-0.4, -0.2) is 26.6 Å². The van der Waals surface area contributed by atoms with Crippen molar-refractivity contribution < 1.29 is 17.6 Å². The highest BCUT2D eigenvalue weighted by Gasteiger charge is 2.34. The molecule has 1 aromatic carbocycles. The van der Waals surface area contributed by atoms with E-state index in [-0.39, 0.29) is 30.3 Å². The van der Waals surface area contributed by atoms with E-state index >= 15 is 0 Å². The number of halogens is 3. The summed E-state index contributed by atoms with van der Waals surface area (Å²) < 4.78 is 36.4. The van der Waals surface area contributed by atoms with Crippen LogP contribution in [0, 0.1) is 11.7 Å². The third-order valence-electron chi connectivity index (χ3n) is 2.84. The van der Waals surface area contributed by atoms with Crippen molar-refractivity contribution in [2.45, 2.75) is 6.42 Å². The fourth-order valence-electron chi connectivity index (χ4n) is 2.11. The van der Waals surface area contributed by atoms with Gasteiger partial charge in [0.25, 0.3) is 0 Å². The third-order valence-corrected chi connectivity index (χ3v) is 4.58. The second-order valence-corrected chi connectivity index (χ2v) is 8.11. The Balaban J connectivity index is 2.20. The Labute approximate surface area is 123 Å². The van der Waals surface area contributed by atoms with Crippen LogP contribution < -0.4 is 4.90 Å². The predicted octanol–water partition coefficient (Wildman–Crippen LogP) is 2.51. The molecule has 0 spiro atoms. The summed E-state index contributed by atoms with van der Waals surface area (Å²) in [6.45, 7) is 0.156. The summed E-state index contributed by atoms with van der Waals surface area (Å²) in [6, 6.07) is 4.36. The van der Waals surface area contributed by atoms with E-state index in [0.717, 1.165) is 0 Å². The monoisotopic (exact) mass is 369 g/mol. The van der Waals surface area contributed by atoms with E-state index in [2.05, 4.69) is 15.9 Å². The Morgan fingerprint density at radius 3 is 2.74 bits per heavy atom. The highest BCUT2D eigenvalue weighted by Crippen LogP contribution is 2.30. The van der Waals surface area contributed by atoms with Gasteiger partial charge in [0.1, 0.15) is 5.82 Å². The van der Waals surface area contributed by atoms with Gasteiger partial charge >= 0.3 is 0 Å². The normalized spacial score (nSPS) is 20.1. The summed E-state index contributed by atoms with van der Waals surface area (Å²) in [7, 11) is 1.51. The average Bonchev–Trinajstić information content (AvgIpc) is 2.56. The molecule has 1 atom stereocenters. The summed E-state index contributed by atoms with van der Waals surface area (Å²) >= 11 is 3.13. The van der Waals surface area contributed by atoms with Gasteiger partial charge in [0.05, 0.1) is 11.4 Å². The first-order valence-electron chi connectivity index (χ1n) is 5.44. The Morgan fingerprint density at radius 2 is 2.16 bits per heavy atom. The molecule has 0 aromatic heterocycles. The van der Waals surface area contributed by atoms with E-state index in [1.165, 1.54) is 17.0 Å². The van der Waals surface area contributed by atoms with Crippen molar-refractivity contribution in [1.82, 2.24) is 0 Å². The molecule has 1 saturated heterocycles. The highest BCUT2D eigenvalue weighted by molar-refractivity contribution is 9.10. The molecule has 1 amide bonds. The molecule has 1 fully saturated rings. The van der Waals surface area contributed by atoms with Crippen LogP contribution in [0.4, 0.5) is 10.1 Å². The molecule has 104 valence electrons. The average molecular weight is 371 g/mol. The van der Waals surface area contributed by atoms with Crippen LogP contribution in [0.2, 0.25) is 0 Å². The molecule has 8 heteroatoms. The molecule has 19 heavy (non-hydrogen) atoms. The van der Waals surface area contributed by atoms with E-state index < -0.39 is 20.8 Å². The molecule has 1 aromatic rings. The fraction of sp³-hybridized carbons (Fsp3) is 0.364. The predicted molar refractivity (Wildman–Crippen MR) is 74.2 cm³/mol. The molecule has 1 aliphatic heterocycles. The van der Waals surface area contributed by atoms with E-state index in [4.69, 9.17) is 10.7 Å². The molecule has 4 nitrogen and oxygen atoms in total. The molecule has 0 N–H and O–H groups in total. The minimum absolute atomic E-state index is 0.0570. The van der Waals surface area contributed by atoms with Crippen LogP contribution in [0.1, 0.15) is 6.42 Å². The number of nitrogens with zero attached hydrogens (tertiary/aromatic N) is 1. The topological polar surface area (TPSA) is 54.5 Å². The second-order valence-electron chi connectivity index (χ2n) is 4.38. The Hall–Kier alpha value is -0.660. The Bertz CT molecular complexity index is 622. The molecule has 2 rings (SSSR count). The van der Waals surface area contributed by atoms with Crippen LogP contribution >= 0.6 is 26.6 Å². The maximum Gasteiger partial charge on any atom is 0.232 e. The number of carbonyl (C=O) groups is 1. The first-order chi connectivity index (χ1) is 8.76. The molecule has 0 bridgehead atoms. The maximum atomic E-state index is 13.8. The zero-order chi connectivity index (χ0) is 14.2. The van der Waals surface area contributed by atoms with E-state index in [1.54, 1.807) is 6.07 Å². The van der Waals surface area contributed by atoms with Gasteiger partial charge in [-0.15, -0.1) is 0 Å². The second kappa shape index (κ2) is 5.38. The van der Waals surface area contributed by atoms with Gasteiger partial charge in [0.15, 0.2) is 0 Å². The van der Waals surface area contributed by atoms with Gasteiger partial charge in [0.2, 0.25) is 15.0 Å². The van der Waals surface area contributed by atoms with Gasteiger partial charge in [-0.3, -0.25) is 4.79 Å². The molecule has 0 aliphatic carbocycles. The van der Waals surface area contributed by atoms with E-state index in [1.807, 2.05) is 0 Å². The maximum absolute atomic E-state index is 13.8. The lowest BCUT2D eigenvalue weighted by Crippen LogP contribution is -2.26. The van der Waals surface area contributed by atoms with Crippen LogP contribution in [0.25, 0.3) is 0 Å². The van der Waals surface area contributed by atoms with Gasteiger partial charge in [-0.25, -0.2) is 12.8 Å². The number of hydrogen-bond donors (Lipinski definition) is 0. The van der Waals surface area contributed by atoms with Crippen molar-refractivity contribution >= 4 is 47.3 Å². The van der Waals surface area contributed by atoms with Crippen LogP contribution in [-0.2, 0) is 13.8 Å². The van der Waals surface area contributed by atoms with Crippen LogP contribution in [0.5, 0.6) is 0 Å². The van der Waals surface area contributed by atoms with Crippen LogP contribution in [0.15, 0.2) is 22.7 Å². The summed E-state index contributed by atoms with van der Waals surface area (Å²) in [5, 5.41) is 0. The molecule has 0 radical (unpaired) electrons. The Morgan fingerprint density at radius 1 is 1.47 bits per heavy atom. The van der Waals surface area contributed by atoms with Crippen molar-refractivity contribution in [1.29, 1.82) is 0 Å². The smallest absolute Gasteiger partial charge is 0.232 e. The highest BCUT2D eigenvalue weighted by atomic mass is 79.9. The fourth-order valence-corrected chi connectivity index (χ4v) is 3.76. The van der Waals surface area contributed by atoms with Gasteiger partial charge in [-0.2, -0.15) is 0 Å². The van der Waals surface area contributed by atoms with Crippen molar-refractivity contribution in [2.24, 2.45) is 5.92 Å². The number of carbonyl (C=O) groups excluding carboxylic acids is 1. The molecular weight excluding hydrogens is 361 g/mol. The minimum atomic E-state index is -3.66. The zero-order valence-corrected chi connectivity index (χ0v) is 12.8. The lowest BCUT2D eigenvalue weighted by molar-refractivity contribution is -0.117. The van der Waals surface area contributed by atoms with Gasteiger partial charge < -0.3 is 4.90 Å². The van der Waals surface area contributed by atoms with E-state index in [0.29, 0.717) is 4.47 Å². The minimum Gasteiger partial charge on any atom is -0.309 e. The van der Waals surface area contributed by atoms with Crippen molar-refractivity contribution in [3.05, 3.63) is 28.5 Å². The molecule has 1 aliphatic rings. The van der Waals surface area contributed by atoms with Gasteiger partial charge in [-0.1, -0.05) is 15.9 Å². The van der Waals surface area contributed by atoms with Crippen molar-refractivity contribution in [3.8, 4) is 0 Å². The van der Waals surface area contributed by atoms with Gasteiger partial charge in [0, 0.05) is 34.0 Å². The standard InChI is InChI=1S/C11H10BrClFNO3S/c12-8-1-2-10(9(14)4-8)15-5-7(3-11(15)16)6-19(13,17)18/h1-2,4,7H,3,5-6H2. The summed E-state index contributed by atoms with van der Waals surface area (Å²) in [5.41, 5.74) is 0.155. The summed E-state index contributed by atoms with van der Waals surface area (Å²) in [6.07, 6.45) is 0.0570. The lowest BCUT2D eigenvalue weighted by Gasteiger charge is -2.17. The van der Waals surface area contributed by atoms with Crippen LogP contribution in [0.3, 0.4) is 0 Å². The molecule has 1 heterocycles. The number of hydrogen-bond acceptors (Lipinski definition) is 3. The SMILES string of the molecule is O=C1CC(CS(=O)(=O)Cl)CN1c1ccc(Br)cc1F. The molecular formula is C11H10BrClFNO3S. The number of benzene rings is 1. The number of rotatable bonds is 3. The number of amides is 1. The van der Waals surface area contributed by atoms with Crippen molar-refractivity contribution in [2.75, 3.05) is 17.2 Å². The number of anilines is 1. The first-order valence-corrected chi connectivity index (χ1v) is 8.71. The molecule has 0 saturated carbocycles. The quantitative estimate of drug-likeness (QED) is 0.768. The third kappa shape index (κ3) is 3.67. The first kappa shape index (κ1) is 14.7. The van der Waals surface area contributed by atoms with E-state index in [9.17, 15) is 17.6 Å². The van der Waals surface area contributed by atoms with Gasteiger partial charge in [-0.05, 0) is 18.2 Å². The zero-order valence-electron chi connectivity index (χ0n) is 9.64. The summed E-state index contributed by atoms with van der Waals surface area (Å²) in [5.74, 6) is -1.52. The lowest BCUT2D eigenvalue weighted by atomic mass is 10.1. The Kier molecular flexibility index (Phi) is 4.17. The largest absolute Gasteiger partial charge is 0.309 e.